The van der Waals surface area contributed by atoms with Crippen molar-refractivity contribution >= 4 is 33.0 Å². The number of aryl methyl sites for hydroxylation is 1. The quantitative estimate of drug-likeness (QED) is 0.877. The van der Waals surface area contributed by atoms with Crippen LogP contribution in [0.3, 0.4) is 0 Å². The summed E-state index contributed by atoms with van der Waals surface area (Å²) < 4.78 is 38.2. The highest BCUT2D eigenvalue weighted by Crippen LogP contribution is 2.19. The fourth-order valence-electron chi connectivity index (χ4n) is 1.84. The standard InChI is InChI=1S/C14H15FN2O3S2/c1-9-3-5-11(21-9)8-16-14(18)12-7-10(15)4-6-13(12)17-22(2,19)20/h3-7,17H,8H2,1-2H3,(H,16,18). The molecule has 0 aliphatic heterocycles. The number of nitrogens with one attached hydrogen (secondary N) is 2. The Morgan fingerprint density at radius 1 is 1.27 bits per heavy atom. The summed E-state index contributed by atoms with van der Waals surface area (Å²) in [4.78, 5) is 14.3. The Kier molecular flexibility index (Phi) is 4.82. The Hall–Kier alpha value is -1.93. The van der Waals surface area contributed by atoms with E-state index in [1.54, 1.807) is 11.3 Å². The molecule has 1 aromatic carbocycles. The first-order valence-electron chi connectivity index (χ1n) is 6.35. The molecule has 1 amide bonds. The molecule has 22 heavy (non-hydrogen) atoms. The van der Waals surface area contributed by atoms with Crippen LogP contribution in [0.25, 0.3) is 0 Å². The van der Waals surface area contributed by atoms with Crippen LogP contribution in [0.15, 0.2) is 30.3 Å². The molecule has 0 aliphatic rings. The number of thiophene rings is 1. The van der Waals surface area contributed by atoms with Gasteiger partial charge in [-0.3, -0.25) is 9.52 Å². The van der Waals surface area contributed by atoms with Gasteiger partial charge in [0.15, 0.2) is 0 Å². The lowest BCUT2D eigenvalue weighted by Crippen LogP contribution is -2.24. The molecule has 1 heterocycles. The molecule has 0 atom stereocenters. The van der Waals surface area contributed by atoms with Gasteiger partial charge < -0.3 is 5.32 Å². The van der Waals surface area contributed by atoms with Gasteiger partial charge in [-0.05, 0) is 37.3 Å². The zero-order valence-electron chi connectivity index (χ0n) is 12.0. The number of sulfonamides is 1. The monoisotopic (exact) mass is 342 g/mol. The Bertz CT molecular complexity index is 800. The minimum absolute atomic E-state index is 0.0451. The summed E-state index contributed by atoms with van der Waals surface area (Å²) in [6, 6.07) is 7.14. The van der Waals surface area contributed by atoms with Gasteiger partial charge in [0.2, 0.25) is 10.0 Å². The number of anilines is 1. The van der Waals surface area contributed by atoms with Gasteiger partial charge in [-0.2, -0.15) is 0 Å². The second kappa shape index (κ2) is 6.45. The molecule has 2 N–H and O–H groups in total. The first kappa shape index (κ1) is 16.4. The van der Waals surface area contributed by atoms with Crippen LogP contribution in [0.2, 0.25) is 0 Å². The molecule has 0 aliphatic carbocycles. The Labute approximate surface area is 132 Å². The van der Waals surface area contributed by atoms with Crippen LogP contribution in [-0.4, -0.2) is 20.6 Å². The lowest BCUT2D eigenvalue weighted by molar-refractivity contribution is 0.0951. The van der Waals surface area contributed by atoms with Crippen molar-refractivity contribution in [2.24, 2.45) is 0 Å². The molecule has 118 valence electrons. The highest BCUT2D eigenvalue weighted by atomic mass is 32.2. The van der Waals surface area contributed by atoms with Crippen molar-refractivity contribution in [3.8, 4) is 0 Å². The van der Waals surface area contributed by atoms with Crippen LogP contribution in [0.4, 0.5) is 10.1 Å². The van der Waals surface area contributed by atoms with Crippen LogP contribution in [-0.2, 0) is 16.6 Å². The van der Waals surface area contributed by atoms with E-state index in [4.69, 9.17) is 0 Å². The summed E-state index contributed by atoms with van der Waals surface area (Å²) in [6.07, 6.45) is 0.965. The third kappa shape index (κ3) is 4.54. The normalized spacial score (nSPS) is 11.2. The van der Waals surface area contributed by atoms with Crippen LogP contribution in [0.1, 0.15) is 20.1 Å². The number of benzene rings is 1. The Morgan fingerprint density at radius 3 is 2.59 bits per heavy atom. The molecule has 2 rings (SSSR count). The van der Waals surface area contributed by atoms with Crippen molar-refractivity contribution < 1.29 is 17.6 Å². The van der Waals surface area contributed by atoms with Crippen LogP contribution in [0, 0.1) is 12.7 Å². The van der Waals surface area contributed by atoms with Gasteiger partial charge in [-0.1, -0.05) is 0 Å². The summed E-state index contributed by atoms with van der Waals surface area (Å²) in [6.45, 7) is 2.25. The molecule has 0 saturated heterocycles. The molecule has 8 heteroatoms. The van der Waals surface area contributed by atoms with Gasteiger partial charge in [-0.25, -0.2) is 12.8 Å². The predicted molar refractivity (Wildman–Crippen MR) is 85.1 cm³/mol. The lowest BCUT2D eigenvalue weighted by atomic mass is 10.1. The van der Waals surface area contributed by atoms with Crippen molar-refractivity contribution in [2.75, 3.05) is 11.0 Å². The number of carbonyl (C=O) groups is 1. The summed E-state index contributed by atoms with van der Waals surface area (Å²) in [5.41, 5.74) is -0.0116. The van der Waals surface area contributed by atoms with E-state index < -0.39 is 21.7 Å². The minimum atomic E-state index is -3.56. The van der Waals surface area contributed by atoms with Gasteiger partial charge in [0.1, 0.15) is 5.82 Å². The third-order valence-corrected chi connectivity index (χ3v) is 4.33. The van der Waals surface area contributed by atoms with Gasteiger partial charge in [0, 0.05) is 9.75 Å². The number of rotatable bonds is 5. The molecular weight excluding hydrogens is 327 g/mol. The highest BCUT2D eigenvalue weighted by Gasteiger charge is 2.15. The SMILES string of the molecule is Cc1ccc(CNC(=O)c2cc(F)ccc2NS(C)(=O)=O)s1. The van der Waals surface area contributed by atoms with E-state index in [1.165, 1.54) is 6.07 Å². The van der Waals surface area contributed by atoms with Crippen LogP contribution in [0.5, 0.6) is 0 Å². The molecule has 2 aromatic rings. The lowest BCUT2D eigenvalue weighted by Gasteiger charge is -2.11. The molecule has 0 unspecified atom stereocenters. The van der Waals surface area contributed by atoms with Gasteiger partial charge in [0.25, 0.3) is 5.91 Å². The predicted octanol–water partition coefficient (Wildman–Crippen LogP) is 2.50. The summed E-state index contributed by atoms with van der Waals surface area (Å²) in [7, 11) is -3.56. The number of hydrogen-bond donors (Lipinski definition) is 2. The molecule has 1 aromatic heterocycles. The fraction of sp³-hybridized carbons (Fsp3) is 0.214. The number of halogens is 1. The first-order chi connectivity index (χ1) is 10.2. The van der Waals surface area contributed by atoms with Crippen molar-refractivity contribution in [1.82, 2.24) is 5.32 Å². The minimum Gasteiger partial charge on any atom is -0.347 e. The van der Waals surface area contributed by atoms with E-state index in [0.717, 1.165) is 28.1 Å². The maximum absolute atomic E-state index is 13.4. The zero-order chi connectivity index (χ0) is 16.3. The zero-order valence-corrected chi connectivity index (χ0v) is 13.6. The summed E-state index contributed by atoms with van der Waals surface area (Å²) >= 11 is 1.54. The molecule has 0 fully saturated rings. The van der Waals surface area contributed by atoms with E-state index in [1.807, 2.05) is 19.1 Å². The number of hydrogen-bond acceptors (Lipinski definition) is 4. The summed E-state index contributed by atoms with van der Waals surface area (Å²) in [5, 5.41) is 2.65. The van der Waals surface area contributed by atoms with E-state index >= 15 is 0 Å². The third-order valence-electron chi connectivity index (χ3n) is 2.74. The largest absolute Gasteiger partial charge is 0.347 e. The molecule has 0 radical (unpaired) electrons. The molecule has 0 spiro atoms. The maximum atomic E-state index is 13.4. The van der Waals surface area contributed by atoms with E-state index in [9.17, 15) is 17.6 Å². The molecule has 0 saturated carbocycles. The van der Waals surface area contributed by atoms with Crippen LogP contribution >= 0.6 is 11.3 Å². The van der Waals surface area contributed by atoms with Gasteiger partial charge in [0.05, 0.1) is 24.1 Å². The smallest absolute Gasteiger partial charge is 0.253 e. The number of carbonyl (C=O) groups excluding carboxylic acids is 1. The van der Waals surface area contributed by atoms with Crippen molar-refractivity contribution in [3.63, 3.8) is 0 Å². The number of amides is 1. The van der Waals surface area contributed by atoms with Crippen LogP contribution < -0.4 is 10.0 Å². The molecular formula is C14H15FN2O3S2. The Balaban J connectivity index is 2.18. The fourth-order valence-corrected chi connectivity index (χ4v) is 3.24. The second-order valence-corrected chi connectivity index (χ2v) is 7.88. The van der Waals surface area contributed by atoms with E-state index in [0.29, 0.717) is 6.54 Å². The van der Waals surface area contributed by atoms with Crippen molar-refractivity contribution in [3.05, 3.63) is 51.5 Å². The second-order valence-electron chi connectivity index (χ2n) is 4.76. The summed E-state index contributed by atoms with van der Waals surface area (Å²) in [5.74, 6) is -1.16. The average molecular weight is 342 g/mol. The van der Waals surface area contributed by atoms with Gasteiger partial charge in [-0.15, -0.1) is 11.3 Å². The maximum Gasteiger partial charge on any atom is 0.253 e. The Morgan fingerprint density at radius 2 is 2.00 bits per heavy atom. The highest BCUT2D eigenvalue weighted by molar-refractivity contribution is 7.92. The van der Waals surface area contributed by atoms with Crippen molar-refractivity contribution in [1.29, 1.82) is 0 Å². The topological polar surface area (TPSA) is 75.3 Å². The van der Waals surface area contributed by atoms with Gasteiger partial charge >= 0.3 is 0 Å². The molecule has 0 bridgehead atoms. The molecule has 5 nitrogen and oxygen atoms in total. The van der Waals surface area contributed by atoms with E-state index in [-0.39, 0.29) is 11.3 Å². The van der Waals surface area contributed by atoms with E-state index in [2.05, 4.69) is 10.0 Å². The van der Waals surface area contributed by atoms with Crippen molar-refractivity contribution in [2.45, 2.75) is 13.5 Å². The average Bonchev–Trinajstić information content (AvgIpc) is 2.82. The first-order valence-corrected chi connectivity index (χ1v) is 9.06.